The number of aryl methyl sites for hydroxylation is 1. The molecule has 0 saturated carbocycles. The van der Waals surface area contributed by atoms with Crippen LogP contribution in [0.1, 0.15) is 23.7 Å². The van der Waals surface area contributed by atoms with Gasteiger partial charge in [0.05, 0.1) is 12.1 Å². The van der Waals surface area contributed by atoms with Gasteiger partial charge in [-0.15, -0.1) is 11.3 Å². The molecule has 1 aliphatic rings. The van der Waals surface area contributed by atoms with Crippen LogP contribution in [0.25, 0.3) is 0 Å². The van der Waals surface area contributed by atoms with Gasteiger partial charge >= 0.3 is 0 Å². The second kappa shape index (κ2) is 5.84. The van der Waals surface area contributed by atoms with Crippen LogP contribution in [0.15, 0.2) is 5.38 Å². The van der Waals surface area contributed by atoms with Crippen LogP contribution in [-0.4, -0.2) is 35.0 Å². The highest BCUT2D eigenvalue weighted by molar-refractivity contribution is 7.99. The van der Waals surface area contributed by atoms with E-state index in [0.29, 0.717) is 0 Å². The summed E-state index contributed by atoms with van der Waals surface area (Å²) in [6, 6.07) is -0.0628. The summed E-state index contributed by atoms with van der Waals surface area (Å²) < 4.78 is 0. The van der Waals surface area contributed by atoms with Gasteiger partial charge in [-0.1, -0.05) is 0 Å². The van der Waals surface area contributed by atoms with E-state index in [1.54, 1.807) is 11.3 Å². The number of nitrogens with zero attached hydrogens (tertiary/aromatic N) is 1. The average Bonchev–Trinajstić information content (AvgIpc) is 2.77. The standard InChI is InChI=1S/C11H17N3OS2/c1-7-5-17-11(13-7)8(2)14-10(15)9-6-16-4-3-12-9/h5,8-9,12H,3-4,6H2,1-2H3,(H,14,15). The Morgan fingerprint density at radius 3 is 3.12 bits per heavy atom. The lowest BCUT2D eigenvalue weighted by Gasteiger charge is -2.23. The summed E-state index contributed by atoms with van der Waals surface area (Å²) in [5, 5.41) is 9.22. The van der Waals surface area contributed by atoms with Gasteiger partial charge in [0.1, 0.15) is 5.01 Å². The van der Waals surface area contributed by atoms with E-state index in [-0.39, 0.29) is 18.0 Å². The minimum absolute atomic E-state index is 0.00470. The molecular formula is C11H17N3OS2. The number of thioether (sulfide) groups is 1. The first-order valence-electron chi connectivity index (χ1n) is 5.70. The third kappa shape index (κ3) is 3.43. The Morgan fingerprint density at radius 2 is 2.53 bits per heavy atom. The van der Waals surface area contributed by atoms with Crippen molar-refractivity contribution in [2.75, 3.05) is 18.1 Å². The van der Waals surface area contributed by atoms with E-state index < -0.39 is 0 Å². The third-order valence-corrected chi connectivity index (χ3v) is 4.81. The molecule has 0 spiro atoms. The molecule has 0 aliphatic carbocycles. The molecule has 1 fully saturated rings. The number of hydrogen-bond acceptors (Lipinski definition) is 5. The number of thiazole rings is 1. The Morgan fingerprint density at radius 1 is 1.71 bits per heavy atom. The largest absolute Gasteiger partial charge is 0.346 e. The second-order valence-electron chi connectivity index (χ2n) is 4.14. The van der Waals surface area contributed by atoms with Crippen LogP contribution >= 0.6 is 23.1 Å². The van der Waals surface area contributed by atoms with Gasteiger partial charge in [0.15, 0.2) is 0 Å². The van der Waals surface area contributed by atoms with Crippen LogP contribution in [-0.2, 0) is 4.79 Å². The van der Waals surface area contributed by atoms with E-state index in [0.717, 1.165) is 28.8 Å². The summed E-state index contributed by atoms with van der Waals surface area (Å²) in [6.45, 7) is 4.85. The number of carbonyl (C=O) groups excluding carboxylic acids is 1. The lowest BCUT2D eigenvalue weighted by molar-refractivity contribution is -0.123. The van der Waals surface area contributed by atoms with Crippen molar-refractivity contribution >= 4 is 29.0 Å². The molecule has 1 saturated heterocycles. The molecule has 0 bridgehead atoms. The summed E-state index contributed by atoms with van der Waals surface area (Å²) in [5.74, 6) is 2.03. The highest BCUT2D eigenvalue weighted by atomic mass is 32.2. The molecule has 2 rings (SSSR count). The SMILES string of the molecule is Cc1csc(C(C)NC(=O)C2CSCCN2)n1. The maximum Gasteiger partial charge on any atom is 0.238 e. The lowest BCUT2D eigenvalue weighted by atomic mass is 10.2. The van der Waals surface area contributed by atoms with Gasteiger partial charge in [-0.3, -0.25) is 4.79 Å². The Kier molecular flexibility index (Phi) is 4.42. The summed E-state index contributed by atoms with van der Waals surface area (Å²) in [4.78, 5) is 16.4. The predicted molar refractivity (Wildman–Crippen MR) is 72.5 cm³/mol. The maximum absolute atomic E-state index is 12.0. The Balaban J connectivity index is 1.89. The van der Waals surface area contributed by atoms with Gasteiger partial charge in [-0.25, -0.2) is 4.98 Å². The van der Waals surface area contributed by atoms with Crippen LogP contribution in [0.3, 0.4) is 0 Å². The van der Waals surface area contributed by atoms with E-state index in [1.807, 2.05) is 31.0 Å². The molecule has 1 amide bonds. The summed E-state index contributed by atoms with van der Waals surface area (Å²) in [6.07, 6.45) is 0. The van der Waals surface area contributed by atoms with E-state index in [9.17, 15) is 4.79 Å². The molecule has 2 heterocycles. The Hall–Kier alpha value is -0.590. The van der Waals surface area contributed by atoms with Gasteiger partial charge in [0, 0.05) is 29.1 Å². The van der Waals surface area contributed by atoms with Gasteiger partial charge < -0.3 is 10.6 Å². The van der Waals surface area contributed by atoms with Crippen molar-refractivity contribution in [3.8, 4) is 0 Å². The van der Waals surface area contributed by atoms with Gasteiger partial charge in [0.25, 0.3) is 0 Å². The van der Waals surface area contributed by atoms with E-state index in [1.165, 1.54) is 0 Å². The smallest absolute Gasteiger partial charge is 0.238 e. The molecule has 0 radical (unpaired) electrons. The number of amides is 1. The molecule has 2 atom stereocenters. The van der Waals surface area contributed by atoms with Gasteiger partial charge in [-0.05, 0) is 13.8 Å². The molecule has 1 aromatic rings. The number of hydrogen-bond donors (Lipinski definition) is 2. The first kappa shape index (κ1) is 12.9. The predicted octanol–water partition coefficient (Wildman–Crippen LogP) is 1.33. The number of nitrogens with one attached hydrogen (secondary N) is 2. The highest BCUT2D eigenvalue weighted by Gasteiger charge is 2.23. The molecule has 1 aliphatic heterocycles. The highest BCUT2D eigenvalue weighted by Crippen LogP contribution is 2.18. The first-order valence-corrected chi connectivity index (χ1v) is 7.74. The lowest BCUT2D eigenvalue weighted by Crippen LogP contribution is -2.49. The number of rotatable bonds is 3. The normalized spacial score (nSPS) is 22.1. The Labute approximate surface area is 110 Å². The summed E-state index contributed by atoms with van der Waals surface area (Å²) in [7, 11) is 0. The van der Waals surface area contributed by atoms with Crippen molar-refractivity contribution in [3.05, 3.63) is 16.1 Å². The monoisotopic (exact) mass is 271 g/mol. The van der Waals surface area contributed by atoms with Crippen LogP contribution in [0.4, 0.5) is 0 Å². The molecule has 2 unspecified atom stereocenters. The van der Waals surface area contributed by atoms with E-state index >= 15 is 0 Å². The average molecular weight is 271 g/mol. The fourth-order valence-electron chi connectivity index (χ4n) is 1.68. The minimum atomic E-state index is -0.0581. The minimum Gasteiger partial charge on any atom is -0.346 e. The first-order chi connectivity index (χ1) is 8.16. The van der Waals surface area contributed by atoms with Crippen molar-refractivity contribution in [2.45, 2.75) is 25.9 Å². The zero-order chi connectivity index (χ0) is 12.3. The Bertz CT molecular complexity index is 388. The molecule has 4 nitrogen and oxygen atoms in total. The molecule has 94 valence electrons. The second-order valence-corrected chi connectivity index (χ2v) is 6.18. The van der Waals surface area contributed by atoms with Gasteiger partial charge in [0.2, 0.25) is 5.91 Å². The number of carbonyl (C=O) groups is 1. The summed E-state index contributed by atoms with van der Waals surface area (Å²) in [5.41, 5.74) is 1.01. The van der Waals surface area contributed by atoms with Gasteiger partial charge in [-0.2, -0.15) is 11.8 Å². The maximum atomic E-state index is 12.0. The third-order valence-electron chi connectivity index (χ3n) is 2.60. The van der Waals surface area contributed by atoms with Crippen molar-refractivity contribution < 1.29 is 4.79 Å². The fourth-order valence-corrected chi connectivity index (χ4v) is 3.42. The van der Waals surface area contributed by atoms with Crippen molar-refractivity contribution in [3.63, 3.8) is 0 Å². The topological polar surface area (TPSA) is 54.0 Å². The zero-order valence-electron chi connectivity index (χ0n) is 10.0. The van der Waals surface area contributed by atoms with Crippen LogP contribution in [0.5, 0.6) is 0 Å². The zero-order valence-corrected chi connectivity index (χ0v) is 11.7. The molecular weight excluding hydrogens is 254 g/mol. The van der Waals surface area contributed by atoms with Crippen molar-refractivity contribution in [1.82, 2.24) is 15.6 Å². The van der Waals surface area contributed by atoms with Crippen LogP contribution < -0.4 is 10.6 Å². The van der Waals surface area contributed by atoms with Crippen molar-refractivity contribution in [1.29, 1.82) is 0 Å². The van der Waals surface area contributed by atoms with Crippen molar-refractivity contribution in [2.24, 2.45) is 0 Å². The molecule has 6 heteroatoms. The van der Waals surface area contributed by atoms with Crippen LogP contribution in [0, 0.1) is 6.92 Å². The van der Waals surface area contributed by atoms with Crippen LogP contribution in [0.2, 0.25) is 0 Å². The summed E-state index contributed by atoms with van der Waals surface area (Å²) >= 11 is 3.42. The molecule has 0 aromatic carbocycles. The van der Waals surface area contributed by atoms with E-state index in [2.05, 4.69) is 15.6 Å². The molecule has 1 aromatic heterocycles. The molecule has 17 heavy (non-hydrogen) atoms. The molecule has 2 N–H and O–H groups in total. The quantitative estimate of drug-likeness (QED) is 0.871. The fraction of sp³-hybridized carbons (Fsp3) is 0.636. The van der Waals surface area contributed by atoms with E-state index in [4.69, 9.17) is 0 Å². The number of aromatic nitrogens is 1.